The van der Waals surface area contributed by atoms with Crippen LogP contribution >= 0.6 is 11.8 Å². The van der Waals surface area contributed by atoms with Crippen LogP contribution in [0.4, 0.5) is 0 Å². The monoisotopic (exact) mass is 283 g/mol. The maximum atomic E-state index is 11.6. The lowest BCUT2D eigenvalue weighted by Gasteiger charge is -2.02. The second-order valence-corrected chi connectivity index (χ2v) is 4.99. The van der Waals surface area contributed by atoms with E-state index in [4.69, 9.17) is 4.42 Å². The fourth-order valence-corrected chi connectivity index (χ4v) is 2.35. The Hall–Kier alpha value is -1.57. The molecule has 0 bridgehead atoms. The topological polar surface area (TPSA) is 89.6 Å². The molecule has 0 amide bonds. The summed E-state index contributed by atoms with van der Waals surface area (Å²) < 4.78 is 7.06. The minimum atomic E-state index is -0.171. The van der Waals surface area contributed by atoms with Crippen molar-refractivity contribution in [1.82, 2.24) is 25.0 Å². The molecule has 0 saturated heterocycles. The Bertz CT molecular complexity index is 574. The number of rotatable bonds is 7. The fourth-order valence-electron chi connectivity index (χ4n) is 1.54. The van der Waals surface area contributed by atoms with Gasteiger partial charge in [-0.25, -0.2) is 9.89 Å². The zero-order valence-corrected chi connectivity index (χ0v) is 11.9. The molecular weight excluding hydrogens is 266 g/mol. The third-order valence-electron chi connectivity index (χ3n) is 2.59. The normalized spacial score (nSPS) is 11.1. The van der Waals surface area contributed by atoms with Gasteiger partial charge in [-0.15, -0.1) is 15.3 Å². The minimum absolute atomic E-state index is 0.171. The SMILES string of the molecule is CCCCn1c(SCc2nnc(CC)o2)n[nH]c1=O. The first kappa shape index (κ1) is 13.9. The van der Waals surface area contributed by atoms with Gasteiger partial charge in [0.05, 0.1) is 5.75 Å². The van der Waals surface area contributed by atoms with E-state index in [0.29, 0.717) is 29.2 Å². The summed E-state index contributed by atoms with van der Waals surface area (Å²) in [6, 6.07) is 0. The lowest BCUT2D eigenvalue weighted by atomic mass is 10.3. The number of aryl methyl sites for hydroxylation is 1. The summed E-state index contributed by atoms with van der Waals surface area (Å²) in [5.74, 6) is 1.70. The summed E-state index contributed by atoms with van der Waals surface area (Å²) in [6.07, 6.45) is 2.71. The predicted octanol–water partition coefficient (Wildman–Crippen LogP) is 1.61. The second kappa shape index (κ2) is 6.55. The van der Waals surface area contributed by atoms with Crippen LogP contribution in [0.2, 0.25) is 0 Å². The maximum Gasteiger partial charge on any atom is 0.343 e. The molecule has 0 atom stereocenters. The molecule has 0 fully saturated rings. The van der Waals surface area contributed by atoms with Crippen LogP contribution in [0.25, 0.3) is 0 Å². The highest BCUT2D eigenvalue weighted by atomic mass is 32.2. The van der Waals surface area contributed by atoms with E-state index in [0.717, 1.165) is 19.3 Å². The van der Waals surface area contributed by atoms with Crippen molar-refractivity contribution in [2.45, 2.75) is 50.6 Å². The lowest BCUT2D eigenvalue weighted by molar-refractivity contribution is 0.469. The summed E-state index contributed by atoms with van der Waals surface area (Å²) in [6.45, 7) is 4.72. The first-order valence-electron chi connectivity index (χ1n) is 6.33. The zero-order valence-electron chi connectivity index (χ0n) is 11.0. The number of unbranched alkanes of at least 4 members (excludes halogenated alkanes) is 1. The van der Waals surface area contributed by atoms with E-state index in [1.807, 2.05) is 6.92 Å². The van der Waals surface area contributed by atoms with Crippen LogP contribution in [0.5, 0.6) is 0 Å². The van der Waals surface area contributed by atoms with Crippen molar-refractivity contribution < 1.29 is 4.42 Å². The molecule has 0 saturated carbocycles. The molecule has 1 N–H and O–H groups in total. The van der Waals surface area contributed by atoms with Gasteiger partial charge in [-0.05, 0) is 6.42 Å². The minimum Gasteiger partial charge on any atom is -0.424 e. The van der Waals surface area contributed by atoms with E-state index in [1.54, 1.807) is 4.57 Å². The molecule has 0 spiro atoms. The van der Waals surface area contributed by atoms with Crippen LogP contribution in [-0.4, -0.2) is 25.0 Å². The molecule has 0 aromatic carbocycles. The number of aromatic amines is 1. The lowest BCUT2D eigenvalue weighted by Crippen LogP contribution is -2.17. The van der Waals surface area contributed by atoms with Gasteiger partial charge >= 0.3 is 5.69 Å². The number of aromatic nitrogens is 5. The molecule has 2 rings (SSSR count). The molecule has 2 aromatic rings. The van der Waals surface area contributed by atoms with Gasteiger partial charge in [-0.2, -0.15) is 0 Å². The number of nitrogens with one attached hydrogen (secondary N) is 1. The molecule has 2 heterocycles. The fraction of sp³-hybridized carbons (Fsp3) is 0.636. The number of hydrogen-bond acceptors (Lipinski definition) is 6. The van der Waals surface area contributed by atoms with Crippen LogP contribution < -0.4 is 5.69 Å². The van der Waals surface area contributed by atoms with Gasteiger partial charge < -0.3 is 4.42 Å². The summed E-state index contributed by atoms with van der Waals surface area (Å²) in [4.78, 5) is 11.6. The Balaban J connectivity index is 2.00. The van der Waals surface area contributed by atoms with Gasteiger partial charge in [0.1, 0.15) is 0 Å². The van der Waals surface area contributed by atoms with E-state index in [-0.39, 0.29) is 5.69 Å². The average Bonchev–Trinajstić information content (AvgIpc) is 3.01. The second-order valence-electron chi connectivity index (χ2n) is 4.05. The van der Waals surface area contributed by atoms with E-state index in [2.05, 4.69) is 27.3 Å². The molecule has 0 aliphatic heterocycles. The Morgan fingerprint density at radius 3 is 2.79 bits per heavy atom. The van der Waals surface area contributed by atoms with E-state index in [9.17, 15) is 4.79 Å². The van der Waals surface area contributed by atoms with E-state index >= 15 is 0 Å². The summed E-state index contributed by atoms with van der Waals surface area (Å²) in [5, 5.41) is 15.0. The first-order valence-corrected chi connectivity index (χ1v) is 7.32. The molecule has 0 unspecified atom stereocenters. The Labute approximate surface area is 114 Å². The van der Waals surface area contributed by atoms with Crippen molar-refractivity contribution in [3.05, 3.63) is 22.3 Å². The standard InChI is InChI=1S/C11H17N5O2S/c1-3-5-6-16-10(17)14-15-11(16)19-7-9-13-12-8(4-2)18-9/h3-7H2,1-2H3,(H,14,17). The molecule has 0 aliphatic carbocycles. The Morgan fingerprint density at radius 2 is 2.11 bits per heavy atom. The molecule has 8 heteroatoms. The molecule has 0 radical (unpaired) electrons. The third-order valence-corrected chi connectivity index (χ3v) is 3.56. The van der Waals surface area contributed by atoms with Crippen molar-refractivity contribution in [3.63, 3.8) is 0 Å². The predicted molar refractivity (Wildman–Crippen MR) is 71.0 cm³/mol. The molecule has 19 heavy (non-hydrogen) atoms. The molecular formula is C11H17N5O2S. The highest BCUT2D eigenvalue weighted by Crippen LogP contribution is 2.19. The summed E-state index contributed by atoms with van der Waals surface area (Å²) in [5.41, 5.74) is -0.171. The van der Waals surface area contributed by atoms with Crippen LogP contribution in [0.3, 0.4) is 0 Å². The largest absolute Gasteiger partial charge is 0.424 e. The Morgan fingerprint density at radius 1 is 1.32 bits per heavy atom. The number of thioether (sulfide) groups is 1. The molecule has 2 aromatic heterocycles. The van der Waals surface area contributed by atoms with Gasteiger partial charge in [0, 0.05) is 13.0 Å². The zero-order chi connectivity index (χ0) is 13.7. The summed E-state index contributed by atoms with van der Waals surface area (Å²) >= 11 is 1.42. The number of hydrogen-bond donors (Lipinski definition) is 1. The smallest absolute Gasteiger partial charge is 0.343 e. The van der Waals surface area contributed by atoms with Gasteiger partial charge in [0.25, 0.3) is 0 Å². The van der Waals surface area contributed by atoms with Crippen molar-refractivity contribution in [2.75, 3.05) is 0 Å². The van der Waals surface area contributed by atoms with Crippen molar-refractivity contribution in [2.24, 2.45) is 0 Å². The highest BCUT2D eigenvalue weighted by molar-refractivity contribution is 7.98. The van der Waals surface area contributed by atoms with Crippen LogP contribution in [0, 0.1) is 0 Å². The van der Waals surface area contributed by atoms with Gasteiger partial charge in [-0.1, -0.05) is 32.0 Å². The van der Waals surface area contributed by atoms with Crippen molar-refractivity contribution in [1.29, 1.82) is 0 Å². The van der Waals surface area contributed by atoms with E-state index < -0.39 is 0 Å². The average molecular weight is 283 g/mol. The highest BCUT2D eigenvalue weighted by Gasteiger charge is 2.11. The van der Waals surface area contributed by atoms with Crippen molar-refractivity contribution in [3.8, 4) is 0 Å². The molecule has 7 nitrogen and oxygen atoms in total. The van der Waals surface area contributed by atoms with Crippen LogP contribution in [-0.2, 0) is 18.7 Å². The molecule has 0 aliphatic rings. The van der Waals surface area contributed by atoms with Crippen LogP contribution in [0.15, 0.2) is 14.4 Å². The van der Waals surface area contributed by atoms with Crippen LogP contribution in [0.1, 0.15) is 38.5 Å². The van der Waals surface area contributed by atoms with Gasteiger partial charge in [-0.3, -0.25) is 4.57 Å². The first-order chi connectivity index (χ1) is 9.24. The molecule has 104 valence electrons. The summed E-state index contributed by atoms with van der Waals surface area (Å²) in [7, 11) is 0. The van der Waals surface area contributed by atoms with Crippen molar-refractivity contribution >= 4 is 11.8 Å². The number of H-pyrrole nitrogens is 1. The number of nitrogens with zero attached hydrogens (tertiary/aromatic N) is 4. The van der Waals surface area contributed by atoms with Gasteiger partial charge in [0.15, 0.2) is 5.16 Å². The Kier molecular flexibility index (Phi) is 4.78. The third kappa shape index (κ3) is 3.46. The van der Waals surface area contributed by atoms with Gasteiger partial charge in [0.2, 0.25) is 11.8 Å². The van der Waals surface area contributed by atoms with E-state index in [1.165, 1.54) is 11.8 Å². The maximum absolute atomic E-state index is 11.6. The quantitative estimate of drug-likeness (QED) is 0.776.